The molecule has 2 aliphatic carbocycles. The summed E-state index contributed by atoms with van der Waals surface area (Å²) < 4.78 is 5.28. The number of carbonyl (C=O) groups is 3. The van der Waals surface area contributed by atoms with Crippen molar-refractivity contribution in [2.75, 3.05) is 0 Å². The second kappa shape index (κ2) is 5.41. The zero-order valence-electron chi connectivity index (χ0n) is 13.2. The molecule has 2 aliphatic rings. The van der Waals surface area contributed by atoms with Gasteiger partial charge in [0.05, 0.1) is 5.92 Å². The van der Waals surface area contributed by atoms with Crippen LogP contribution in [0.3, 0.4) is 0 Å². The van der Waals surface area contributed by atoms with E-state index in [1.54, 1.807) is 18.2 Å². The first-order valence-electron chi connectivity index (χ1n) is 8.01. The summed E-state index contributed by atoms with van der Waals surface area (Å²) in [7, 11) is 0. The molecule has 0 amide bonds. The van der Waals surface area contributed by atoms with Crippen molar-refractivity contribution in [2.45, 2.75) is 19.4 Å². The first-order valence-corrected chi connectivity index (χ1v) is 8.01. The van der Waals surface area contributed by atoms with E-state index in [0.29, 0.717) is 17.5 Å². The van der Waals surface area contributed by atoms with Crippen LogP contribution in [0.5, 0.6) is 0 Å². The quantitative estimate of drug-likeness (QED) is 0.597. The monoisotopic (exact) mass is 320 g/mol. The SMILES string of the molecule is CC(=O)O[C@@H]1C=CC[C@H]2C(=O)c3cc4ccccc4cc3C(=O)[C@H]12. The van der Waals surface area contributed by atoms with E-state index in [2.05, 4.69) is 0 Å². The van der Waals surface area contributed by atoms with Gasteiger partial charge in [-0.1, -0.05) is 30.3 Å². The number of esters is 1. The van der Waals surface area contributed by atoms with Gasteiger partial charge in [0.25, 0.3) is 0 Å². The molecular formula is C20H16O4. The standard InChI is InChI=1S/C20H16O4/c1-11(21)24-17-8-4-7-14-18(17)20(23)16-10-13-6-3-2-5-12(13)9-15(16)19(14)22/h2-6,8-10,14,17-18H,7H2,1H3/t14-,17-,18+/m1/s1. The smallest absolute Gasteiger partial charge is 0.303 e. The van der Waals surface area contributed by atoms with Gasteiger partial charge in [-0.05, 0) is 35.4 Å². The van der Waals surface area contributed by atoms with Crippen LogP contribution in [-0.2, 0) is 9.53 Å². The van der Waals surface area contributed by atoms with Crippen molar-refractivity contribution in [2.24, 2.45) is 11.8 Å². The molecule has 4 nitrogen and oxygen atoms in total. The van der Waals surface area contributed by atoms with Gasteiger partial charge >= 0.3 is 5.97 Å². The second-order valence-corrected chi connectivity index (χ2v) is 6.34. The average Bonchev–Trinajstić information content (AvgIpc) is 2.58. The maximum Gasteiger partial charge on any atom is 0.303 e. The molecule has 2 aromatic carbocycles. The number of rotatable bonds is 1. The van der Waals surface area contributed by atoms with Crippen LogP contribution >= 0.6 is 0 Å². The molecule has 4 heteroatoms. The fourth-order valence-electron chi connectivity index (χ4n) is 3.79. The molecule has 0 aromatic heterocycles. The lowest BCUT2D eigenvalue weighted by Crippen LogP contribution is -2.45. The largest absolute Gasteiger partial charge is 0.458 e. The van der Waals surface area contributed by atoms with Crippen molar-refractivity contribution in [1.82, 2.24) is 0 Å². The van der Waals surface area contributed by atoms with Gasteiger partial charge in [-0.15, -0.1) is 0 Å². The lowest BCUT2D eigenvalue weighted by atomic mass is 9.68. The van der Waals surface area contributed by atoms with E-state index in [1.165, 1.54) is 6.92 Å². The van der Waals surface area contributed by atoms with Crippen molar-refractivity contribution in [3.05, 3.63) is 59.7 Å². The van der Waals surface area contributed by atoms with Crippen LogP contribution in [-0.4, -0.2) is 23.6 Å². The van der Waals surface area contributed by atoms with Gasteiger partial charge in [-0.3, -0.25) is 14.4 Å². The molecule has 4 rings (SSSR count). The number of benzene rings is 2. The third-order valence-corrected chi connectivity index (χ3v) is 4.86. The van der Waals surface area contributed by atoms with E-state index in [0.717, 1.165) is 10.8 Å². The normalized spacial score (nSPS) is 25.3. The molecule has 120 valence electrons. The van der Waals surface area contributed by atoms with Gasteiger partial charge in [-0.25, -0.2) is 0 Å². The van der Waals surface area contributed by atoms with Crippen LogP contribution in [0, 0.1) is 11.8 Å². The van der Waals surface area contributed by atoms with Crippen LogP contribution in [0.25, 0.3) is 10.8 Å². The van der Waals surface area contributed by atoms with E-state index in [9.17, 15) is 14.4 Å². The number of Topliss-reactive ketones (excluding diaryl/α,β-unsaturated/α-hetero) is 2. The summed E-state index contributed by atoms with van der Waals surface area (Å²) in [5, 5.41) is 1.87. The third-order valence-electron chi connectivity index (χ3n) is 4.86. The van der Waals surface area contributed by atoms with E-state index < -0.39 is 23.9 Å². The van der Waals surface area contributed by atoms with Crippen LogP contribution in [0.4, 0.5) is 0 Å². The summed E-state index contributed by atoms with van der Waals surface area (Å²) >= 11 is 0. The third kappa shape index (κ3) is 2.18. The molecule has 24 heavy (non-hydrogen) atoms. The maximum atomic E-state index is 13.1. The number of allylic oxidation sites excluding steroid dienone is 1. The topological polar surface area (TPSA) is 60.4 Å². The highest BCUT2D eigenvalue weighted by molar-refractivity contribution is 6.18. The summed E-state index contributed by atoms with van der Waals surface area (Å²) in [5.74, 6) is -1.69. The average molecular weight is 320 g/mol. The summed E-state index contributed by atoms with van der Waals surface area (Å²) in [5.41, 5.74) is 0.921. The molecule has 2 aromatic rings. The Balaban J connectivity index is 1.86. The number of hydrogen-bond acceptors (Lipinski definition) is 4. The van der Waals surface area contributed by atoms with Crippen molar-refractivity contribution in [1.29, 1.82) is 0 Å². The van der Waals surface area contributed by atoms with Gasteiger partial charge in [0.1, 0.15) is 6.10 Å². The maximum absolute atomic E-state index is 13.1. The van der Waals surface area contributed by atoms with E-state index in [4.69, 9.17) is 4.74 Å². The predicted molar refractivity (Wildman–Crippen MR) is 88.9 cm³/mol. The molecule has 0 saturated carbocycles. The Kier molecular flexibility index (Phi) is 3.34. The first-order chi connectivity index (χ1) is 11.6. The lowest BCUT2D eigenvalue weighted by Gasteiger charge is -2.36. The molecule has 0 heterocycles. The fourth-order valence-corrected chi connectivity index (χ4v) is 3.79. The van der Waals surface area contributed by atoms with Crippen LogP contribution in [0.1, 0.15) is 34.1 Å². The molecule has 0 unspecified atom stereocenters. The zero-order valence-corrected chi connectivity index (χ0v) is 13.2. The molecule has 0 radical (unpaired) electrons. The van der Waals surface area contributed by atoms with Crippen molar-refractivity contribution in [3.63, 3.8) is 0 Å². The summed E-state index contributed by atoms with van der Waals surface area (Å²) in [4.78, 5) is 37.3. The zero-order chi connectivity index (χ0) is 16.8. The Morgan fingerprint density at radius 2 is 1.67 bits per heavy atom. The van der Waals surface area contributed by atoms with Gasteiger partial charge in [0.2, 0.25) is 0 Å². The van der Waals surface area contributed by atoms with E-state index in [-0.39, 0.29) is 11.6 Å². The number of ether oxygens (including phenoxy) is 1. The number of carbonyl (C=O) groups excluding carboxylic acids is 3. The molecule has 0 saturated heterocycles. The van der Waals surface area contributed by atoms with Crippen LogP contribution in [0.2, 0.25) is 0 Å². The second-order valence-electron chi connectivity index (χ2n) is 6.34. The Labute approximate surface area is 139 Å². The molecule has 0 spiro atoms. The summed E-state index contributed by atoms with van der Waals surface area (Å²) in [6.45, 7) is 1.31. The van der Waals surface area contributed by atoms with Crippen molar-refractivity contribution in [3.8, 4) is 0 Å². The van der Waals surface area contributed by atoms with Gasteiger partial charge in [0.15, 0.2) is 11.6 Å². The van der Waals surface area contributed by atoms with E-state index in [1.807, 2.05) is 30.3 Å². The Hall–Kier alpha value is -2.75. The molecule has 0 bridgehead atoms. The van der Waals surface area contributed by atoms with Gasteiger partial charge in [0, 0.05) is 24.0 Å². The van der Waals surface area contributed by atoms with Crippen molar-refractivity contribution < 1.29 is 19.1 Å². The lowest BCUT2D eigenvalue weighted by molar-refractivity contribution is -0.146. The van der Waals surface area contributed by atoms with Crippen LogP contribution in [0.15, 0.2) is 48.6 Å². The molecule has 3 atom stereocenters. The fraction of sp³-hybridized carbons (Fsp3) is 0.250. The first kappa shape index (κ1) is 14.8. The molecular weight excluding hydrogens is 304 g/mol. The highest BCUT2D eigenvalue weighted by Crippen LogP contribution is 2.39. The van der Waals surface area contributed by atoms with Gasteiger partial charge in [-0.2, -0.15) is 0 Å². The van der Waals surface area contributed by atoms with Crippen molar-refractivity contribution >= 4 is 28.3 Å². The Morgan fingerprint density at radius 1 is 1.04 bits per heavy atom. The molecule has 0 N–H and O–H groups in total. The Morgan fingerprint density at radius 3 is 2.29 bits per heavy atom. The van der Waals surface area contributed by atoms with E-state index >= 15 is 0 Å². The number of fused-ring (bicyclic) bond motifs is 3. The van der Waals surface area contributed by atoms with Crippen LogP contribution < -0.4 is 0 Å². The molecule has 0 aliphatic heterocycles. The van der Waals surface area contributed by atoms with Gasteiger partial charge < -0.3 is 4.74 Å². The Bertz CT molecular complexity index is 909. The minimum Gasteiger partial charge on any atom is -0.458 e. The molecule has 0 fully saturated rings. The minimum absolute atomic E-state index is 0.0399. The summed E-state index contributed by atoms with van der Waals surface area (Å²) in [6.07, 6.45) is 3.38. The summed E-state index contributed by atoms with van der Waals surface area (Å²) in [6, 6.07) is 11.3. The highest BCUT2D eigenvalue weighted by Gasteiger charge is 2.46. The highest BCUT2D eigenvalue weighted by atomic mass is 16.5. The number of ketones is 2. The minimum atomic E-state index is -0.669. The number of hydrogen-bond donors (Lipinski definition) is 0. The predicted octanol–water partition coefficient (Wildman–Crippen LogP) is 3.34.